The number of hydrogen-bond donors (Lipinski definition) is 7. The van der Waals surface area contributed by atoms with Gasteiger partial charge in [0.15, 0.2) is 12.2 Å². The predicted octanol–water partition coefficient (Wildman–Crippen LogP) is -4.76. The number of ether oxygens (including phenoxy) is 3. The van der Waals surface area contributed by atoms with E-state index in [0.29, 0.717) is 0 Å². The molecule has 8 atom stereocenters. The molecule has 39 heavy (non-hydrogen) atoms. The second kappa shape index (κ2) is 19.5. The summed E-state index contributed by atoms with van der Waals surface area (Å²) in [6, 6.07) is -2.75. The summed E-state index contributed by atoms with van der Waals surface area (Å²) < 4.78 is 14.5. The van der Waals surface area contributed by atoms with Crippen LogP contribution in [0.25, 0.3) is 0 Å². The molecule has 0 rings (SSSR count). The number of amides is 2. The zero-order valence-corrected chi connectivity index (χ0v) is 22.0. The van der Waals surface area contributed by atoms with Crippen LogP contribution in [0.2, 0.25) is 0 Å². The summed E-state index contributed by atoms with van der Waals surface area (Å²) in [7, 11) is 0. The van der Waals surface area contributed by atoms with Crippen LogP contribution in [-0.4, -0.2) is 130 Å². The van der Waals surface area contributed by atoms with Gasteiger partial charge in [-0.25, -0.2) is 0 Å². The molecule has 0 spiro atoms. The molecule has 0 aromatic carbocycles. The topological polar surface area (TPSA) is 272 Å². The van der Waals surface area contributed by atoms with Crippen molar-refractivity contribution in [1.82, 2.24) is 10.6 Å². The number of carbonyl (C=O) groups excluding carboxylic acids is 7. The maximum Gasteiger partial charge on any atom is 0.303 e. The molecule has 0 aromatic heterocycles. The molecule has 7 N–H and O–H groups in total. The van der Waals surface area contributed by atoms with Gasteiger partial charge in [-0.3, -0.25) is 24.0 Å². The average Bonchev–Trinajstić information content (AvgIpc) is 2.84. The largest absolute Gasteiger partial charge is 0.462 e. The molecule has 0 aliphatic heterocycles. The van der Waals surface area contributed by atoms with E-state index < -0.39 is 91.6 Å². The molecule has 0 aliphatic carbocycles. The van der Waals surface area contributed by atoms with Crippen molar-refractivity contribution in [1.29, 1.82) is 0 Å². The van der Waals surface area contributed by atoms with Gasteiger partial charge in [-0.05, 0) is 0 Å². The Morgan fingerprint density at radius 3 is 1.46 bits per heavy atom. The highest BCUT2D eigenvalue weighted by Gasteiger charge is 2.39. The van der Waals surface area contributed by atoms with E-state index in [0.717, 1.165) is 34.6 Å². The van der Waals surface area contributed by atoms with Crippen LogP contribution in [-0.2, 0) is 47.8 Å². The normalized spacial score (nSPS) is 16.6. The van der Waals surface area contributed by atoms with Gasteiger partial charge in [0.2, 0.25) is 11.8 Å². The first-order valence-corrected chi connectivity index (χ1v) is 11.3. The van der Waals surface area contributed by atoms with Crippen molar-refractivity contribution in [3.05, 3.63) is 0 Å². The molecule has 0 radical (unpaired) electrons. The summed E-state index contributed by atoms with van der Waals surface area (Å²) in [5, 5.41) is 50.6. The monoisotopic (exact) mass is 568 g/mol. The Morgan fingerprint density at radius 2 is 1.13 bits per heavy atom. The van der Waals surface area contributed by atoms with E-state index in [-0.39, 0.29) is 12.6 Å². The van der Waals surface area contributed by atoms with Gasteiger partial charge in [-0.2, -0.15) is 0 Å². The van der Waals surface area contributed by atoms with Crippen LogP contribution in [0.3, 0.4) is 0 Å². The fourth-order valence-electron chi connectivity index (χ4n) is 2.79. The second-order valence-electron chi connectivity index (χ2n) is 7.97. The smallest absolute Gasteiger partial charge is 0.303 e. The molecule has 224 valence electrons. The SMILES string of the molecule is CC(=O)N[C@@H](C=O)[C@@H](O)[C@@H](O)[C@H](O)CO.CC(=O)N[C@@H](C=O)[C@@H](O)[C@H](OC(C)=O)[C@@H](COC(C)=O)OC(C)=O. The van der Waals surface area contributed by atoms with Crippen molar-refractivity contribution in [3.8, 4) is 0 Å². The van der Waals surface area contributed by atoms with Crippen molar-refractivity contribution in [3.63, 3.8) is 0 Å². The Balaban J connectivity index is 0. The van der Waals surface area contributed by atoms with Gasteiger partial charge in [-0.1, -0.05) is 0 Å². The first kappa shape index (κ1) is 37.6. The summed E-state index contributed by atoms with van der Waals surface area (Å²) in [5.74, 6) is -3.50. The van der Waals surface area contributed by atoms with Gasteiger partial charge < -0.3 is 60.0 Å². The second-order valence-corrected chi connectivity index (χ2v) is 7.97. The van der Waals surface area contributed by atoms with Crippen molar-refractivity contribution in [2.75, 3.05) is 13.2 Å². The number of aldehydes is 2. The highest BCUT2D eigenvalue weighted by molar-refractivity contribution is 5.78. The molecule has 0 heterocycles. The third kappa shape index (κ3) is 16.1. The van der Waals surface area contributed by atoms with Gasteiger partial charge in [0.1, 0.15) is 55.7 Å². The number of esters is 3. The first-order chi connectivity index (χ1) is 18.0. The minimum Gasteiger partial charge on any atom is -0.462 e. The number of nitrogens with one attached hydrogen (secondary N) is 2. The van der Waals surface area contributed by atoms with Crippen LogP contribution in [0.1, 0.15) is 34.6 Å². The van der Waals surface area contributed by atoms with E-state index in [4.69, 9.17) is 24.4 Å². The third-order valence-electron chi connectivity index (χ3n) is 4.47. The molecule has 0 unspecified atom stereocenters. The van der Waals surface area contributed by atoms with Crippen LogP contribution < -0.4 is 10.6 Å². The van der Waals surface area contributed by atoms with Crippen molar-refractivity contribution < 1.29 is 73.3 Å². The van der Waals surface area contributed by atoms with Gasteiger partial charge in [0.25, 0.3) is 0 Å². The van der Waals surface area contributed by atoms with E-state index in [1.165, 1.54) is 0 Å². The molecular formula is C22H36N2O15. The van der Waals surface area contributed by atoms with Gasteiger partial charge in [0, 0.05) is 34.6 Å². The molecular weight excluding hydrogens is 532 g/mol. The number of aliphatic hydroxyl groups is 5. The van der Waals surface area contributed by atoms with Crippen molar-refractivity contribution >= 4 is 42.3 Å². The maximum atomic E-state index is 11.3. The quantitative estimate of drug-likeness (QED) is 0.0555. The lowest BCUT2D eigenvalue weighted by Crippen LogP contribution is -2.55. The summed E-state index contributed by atoms with van der Waals surface area (Å²) in [5.41, 5.74) is 0. The summed E-state index contributed by atoms with van der Waals surface area (Å²) in [6.45, 7) is 4.17. The molecule has 17 nitrogen and oxygen atoms in total. The zero-order chi connectivity index (χ0) is 30.9. The number of rotatable bonds is 15. The molecule has 0 aromatic rings. The zero-order valence-electron chi connectivity index (χ0n) is 22.0. The minimum absolute atomic E-state index is 0.235. The van der Waals surface area contributed by atoms with Crippen molar-refractivity contribution in [2.24, 2.45) is 0 Å². The van der Waals surface area contributed by atoms with Gasteiger partial charge in [-0.15, -0.1) is 0 Å². The summed E-state index contributed by atoms with van der Waals surface area (Å²) in [4.78, 5) is 76.6. The molecule has 17 heteroatoms. The third-order valence-corrected chi connectivity index (χ3v) is 4.47. The molecule has 2 amide bonds. The standard InChI is InChI=1S/C14H21NO9.C8H15NO6/c1-7(17)15-11(5-16)13(21)14(24-10(4)20)12(23-9(3)19)6-22-8(2)18;1-4(12)9-5(2-10)7(14)8(15)6(13)3-11/h5,11-14,21H,6H2,1-4H3,(H,15,17);2,5-8,11,13-15H,3H2,1H3,(H,9,12)/t11-,12+,13+,14+;5-,6+,7+,8-/m00/s1. The molecule has 0 fully saturated rings. The molecule has 0 aliphatic rings. The van der Waals surface area contributed by atoms with Crippen LogP contribution in [0.5, 0.6) is 0 Å². The van der Waals surface area contributed by atoms with Crippen LogP contribution >= 0.6 is 0 Å². The maximum absolute atomic E-state index is 11.3. The number of hydrogen-bond acceptors (Lipinski definition) is 15. The highest BCUT2D eigenvalue weighted by atomic mass is 16.6. The van der Waals surface area contributed by atoms with E-state index in [9.17, 15) is 48.9 Å². The van der Waals surface area contributed by atoms with Gasteiger partial charge >= 0.3 is 17.9 Å². The van der Waals surface area contributed by atoms with E-state index in [1.807, 2.05) is 0 Å². The van der Waals surface area contributed by atoms with Gasteiger partial charge in [0.05, 0.1) is 6.61 Å². The Bertz CT molecular complexity index is 836. The fraction of sp³-hybridized carbons (Fsp3) is 0.682. The van der Waals surface area contributed by atoms with Crippen LogP contribution in [0.15, 0.2) is 0 Å². The molecule has 0 bridgehead atoms. The first-order valence-electron chi connectivity index (χ1n) is 11.3. The fourth-order valence-corrected chi connectivity index (χ4v) is 2.79. The van der Waals surface area contributed by atoms with Crippen molar-refractivity contribution in [2.45, 2.75) is 83.3 Å². The Hall–Kier alpha value is -3.51. The number of aliphatic hydroxyl groups excluding tert-OH is 5. The van der Waals surface area contributed by atoms with Crippen LogP contribution in [0.4, 0.5) is 0 Å². The average molecular weight is 569 g/mol. The Labute approximate surface area is 223 Å². The highest BCUT2D eigenvalue weighted by Crippen LogP contribution is 2.14. The van der Waals surface area contributed by atoms with E-state index in [2.05, 4.69) is 10.6 Å². The van der Waals surface area contributed by atoms with E-state index >= 15 is 0 Å². The lowest BCUT2D eigenvalue weighted by atomic mass is 10.0. The number of carbonyl (C=O) groups is 7. The Kier molecular flexibility index (Phi) is 18.9. The molecule has 0 saturated carbocycles. The Morgan fingerprint density at radius 1 is 0.692 bits per heavy atom. The predicted molar refractivity (Wildman–Crippen MR) is 126 cm³/mol. The summed E-state index contributed by atoms with van der Waals surface area (Å²) in [6.07, 6.45) is -9.15. The van der Waals surface area contributed by atoms with Crippen LogP contribution in [0, 0.1) is 0 Å². The minimum atomic E-state index is -1.74. The lowest BCUT2D eigenvalue weighted by molar-refractivity contribution is -0.184. The van der Waals surface area contributed by atoms with E-state index in [1.54, 1.807) is 0 Å². The lowest BCUT2D eigenvalue weighted by Gasteiger charge is -2.31. The molecule has 0 saturated heterocycles. The summed E-state index contributed by atoms with van der Waals surface area (Å²) >= 11 is 0.